The normalized spacial score (nSPS) is 0. The van der Waals surface area contributed by atoms with Gasteiger partial charge in [0.05, 0.1) is 0 Å². The molecular weight excluding hydrogens is 237 g/mol. The molecule has 0 amide bonds. The molecule has 0 aromatic carbocycles. The molecule has 0 saturated heterocycles. The van der Waals surface area contributed by atoms with E-state index < -0.39 is 0 Å². The van der Waals surface area contributed by atoms with Gasteiger partial charge in [-0.3, -0.25) is 0 Å². The van der Waals surface area contributed by atoms with Gasteiger partial charge in [-0.1, -0.05) is 0 Å². The quantitative estimate of drug-likeness (QED) is 0.291. The predicted molar refractivity (Wildman–Crippen MR) is 2.79 cm³/mol. The summed E-state index contributed by atoms with van der Waals surface area (Å²) in [5, 5.41) is 0. The Balaban J connectivity index is 0. The molecular formula is H2Cl2IK. The molecule has 0 radical (unpaired) electrons. The standard InChI is InChI=1S/2ClH.H2I.K/h2*1H;1H2;/q;;2*+1/p-2. The smallest absolute Gasteiger partial charge is 1.00 e. The Kier molecular flexibility index (Phi) is 119. The van der Waals surface area contributed by atoms with E-state index in [2.05, 4.69) is 0 Å². The van der Waals surface area contributed by atoms with Gasteiger partial charge in [0.15, 0.2) is 0 Å². The largest absolute Gasteiger partial charge is 1.00 e. The molecule has 4 heavy (non-hydrogen) atoms. The van der Waals surface area contributed by atoms with Gasteiger partial charge >= 0.3 is 51.4 Å². The third kappa shape index (κ3) is 8.87. The summed E-state index contributed by atoms with van der Waals surface area (Å²) in [6.07, 6.45) is 0. The van der Waals surface area contributed by atoms with Gasteiger partial charge in [-0.2, -0.15) is 0 Å². The van der Waals surface area contributed by atoms with Crippen molar-refractivity contribution in [1.82, 2.24) is 0 Å². The van der Waals surface area contributed by atoms with Crippen LogP contribution in [0, 0.1) is 0 Å². The third-order valence-electron chi connectivity index (χ3n) is 0. The van der Waals surface area contributed by atoms with Crippen LogP contribution in [0.3, 0.4) is 0 Å². The van der Waals surface area contributed by atoms with Gasteiger partial charge in [0.2, 0.25) is 24.0 Å². The molecule has 0 aliphatic carbocycles. The average Bonchev–Trinajstić information content (AvgIpc) is 0. The Hall–Kier alpha value is 2.95. The van der Waals surface area contributed by atoms with Crippen LogP contribution in [-0.2, 0) is 0 Å². The van der Waals surface area contributed by atoms with Gasteiger partial charge < -0.3 is 24.8 Å². The molecule has 0 spiro atoms. The summed E-state index contributed by atoms with van der Waals surface area (Å²) in [5.74, 6) is 0. The minimum Gasteiger partial charge on any atom is -1.00 e. The maximum absolute atomic E-state index is 0. The number of rotatable bonds is 0. The van der Waals surface area contributed by atoms with Crippen LogP contribution in [0.1, 0.15) is 0 Å². The monoisotopic (exact) mass is 238 g/mol. The van der Waals surface area contributed by atoms with E-state index in [0.29, 0.717) is 0 Å². The van der Waals surface area contributed by atoms with Crippen LogP contribution in [-0.4, -0.2) is 0 Å². The molecule has 4 heteroatoms. The molecule has 0 aliphatic heterocycles. The van der Waals surface area contributed by atoms with Gasteiger partial charge in [-0.05, 0) is 0 Å². The molecule has 0 atom stereocenters. The topological polar surface area (TPSA) is 0 Å². The second-order valence-corrected chi connectivity index (χ2v) is 0. The molecule has 0 aromatic rings. The fourth-order valence-corrected chi connectivity index (χ4v) is 0. The van der Waals surface area contributed by atoms with Crippen LogP contribution in [0.15, 0.2) is 0 Å². The van der Waals surface area contributed by atoms with E-state index in [-0.39, 0.29) is 100 Å². The van der Waals surface area contributed by atoms with E-state index in [9.17, 15) is 0 Å². The number of hydrogen-bond donors (Lipinski definition) is 0. The molecule has 0 saturated carbocycles. The first-order valence-corrected chi connectivity index (χ1v) is 0. The van der Waals surface area contributed by atoms with Crippen molar-refractivity contribution < 1.29 is 100 Å². The zero-order valence-electron chi connectivity index (χ0n) is 2.20. The van der Waals surface area contributed by atoms with Crippen molar-refractivity contribution in [2.45, 2.75) is 0 Å². The van der Waals surface area contributed by atoms with Crippen molar-refractivity contribution in [1.29, 1.82) is 0 Å². The molecule has 0 bridgehead atoms. The summed E-state index contributed by atoms with van der Waals surface area (Å²) in [4.78, 5) is 0. The SMILES string of the molecule is [Cl-].[Cl-].[IH2+].[K+]. The van der Waals surface area contributed by atoms with E-state index in [4.69, 9.17) is 0 Å². The second-order valence-electron chi connectivity index (χ2n) is 0. The van der Waals surface area contributed by atoms with Crippen LogP contribution in [0.2, 0.25) is 0 Å². The summed E-state index contributed by atoms with van der Waals surface area (Å²) < 4.78 is 0. The van der Waals surface area contributed by atoms with E-state index >= 15 is 0 Å². The van der Waals surface area contributed by atoms with Crippen molar-refractivity contribution in [3.05, 3.63) is 0 Å². The van der Waals surface area contributed by atoms with Crippen LogP contribution >= 0.6 is 0 Å². The van der Waals surface area contributed by atoms with Crippen molar-refractivity contribution in [2.24, 2.45) is 0 Å². The summed E-state index contributed by atoms with van der Waals surface area (Å²) in [6.45, 7) is 0. The average molecular weight is 239 g/mol. The summed E-state index contributed by atoms with van der Waals surface area (Å²) in [7, 11) is 0. The molecule has 0 fully saturated rings. The van der Waals surface area contributed by atoms with E-state index in [1.165, 1.54) is 0 Å². The maximum Gasteiger partial charge on any atom is 1.00 e. The Morgan fingerprint density at radius 1 is 0.750 bits per heavy atom. The van der Waals surface area contributed by atoms with Gasteiger partial charge in [0.1, 0.15) is 0 Å². The zero-order chi connectivity index (χ0) is 0. The van der Waals surface area contributed by atoms with E-state index in [0.717, 1.165) is 0 Å². The minimum absolute atomic E-state index is 0. The summed E-state index contributed by atoms with van der Waals surface area (Å²) in [5.41, 5.74) is 0. The predicted octanol–water partition coefficient (Wildman–Crippen LogP) is -12.5. The Morgan fingerprint density at radius 2 is 0.750 bits per heavy atom. The number of halogens is 3. The van der Waals surface area contributed by atoms with Crippen LogP contribution in [0.4, 0.5) is 0 Å². The van der Waals surface area contributed by atoms with Gasteiger partial charge in [0.25, 0.3) is 0 Å². The van der Waals surface area contributed by atoms with Crippen LogP contribution < -0.4 is 100 Å². The second kappa shape index (κ2) is 16.8. The summed E-state index contributed by atoms with van der Waals surface area (Å²) >= 11 is 0. The van der Waals surface area contributed by atoms with Gasteiger partial charge in [0, 0.05) is 0 Å². The molecule has 0 nitrogen and oxygen atoms in total. The van der Waals surface area contributed by atoms with Crippen molar-refractivity contribution in [3.63, 3.8) is 0 Å². The van der Waals surface area contributed by atoms with Gasteiger partial charge in [-0.15, -0.1) is 0 Å². The molecule has 0 unspecified atom stereocenters. The zero-order valence-corrected chi connectivity index (χ0v) is 9.39. The van der Waals surface area contributed by atoms with E-state index in [1.807, 2.05) is 0 Å². The first-order chi connectivity index (χ1) is 0. The molecule has 0 N–H and O–H groups in total. The Morgan fingerprint density at radius 3 is 0.750 bits per heavy atom. The number of hydrogen-bond acceptors (Lipinski definition) is 0. The van der Waals surface area contributed by atoms with Crippen molar-refractivity contribution in [2.75, 3.05) is 0 Å². The Bertz CT molecular complexity index is 6.00. The third-order valence-corrected chi connectivity index (χ3v) is 0. The van der Waals surface area contributed by atoms with Crippen LogP contribution in [0.25, 0.3) is 0 Å². The first kappa shape index (κ1) is 28.3. The van der Waals surface area contributed by atoms with Crippen molar-refractivity contribution >= 4 is 0 Å². The molecule has 24 valence electrons. The molecule has 0 aromatic heterocycles. The van der Waals surface area contributed by atoms with Gasteiger partial charge in [-0.25, -0.2) is 0 Å². The minimum atomic E-state index is 0. The summed E-state index contributed by atoms with van der Waals surface area (Å²) in [6, 6.07) is 0. The van der Waals surface area contributed by atoms with Crippen LogP contribution in [0.5, 0.6) is 0 Å². The van der Waals surface area contributed by atoms with Crippen molar-refractivity contribution in [3.8, 4) is 0 Å². The van der Waals surface area contributed by atoms with E-state index in [1.54, 1.807) is 0 Å². The molecule has 0 rings (SSSR count). The Labute approximate surface area is 97.7 Å². The fourth-order valence-electron chi connectivity index (χ4n) is 0. The molecule has 0 heterocycles. The maximum atomic E-state index is 0. The first-order valence-electron chi connectivity index (χ1n) is 0. The molecule has 0 aliphatic rings. The fraction of sp³-hybridized carbons (Fsp3) is 0.